The Labute approximate surface area is 155 Å². The zero-order chi connectivity index (χ0) is 17.7. The molecule has 1 N–H and O–H groups in total. The van der Waals surface area contributed by atoms with Gasteiger partial charge < -0.3 is 10.2 Å². The molecule has 2 aromatic rings. The van der Waals surface area contributed by atoms with Crippen LogP contribution in [0.2, 0.25) is 10.0 Å². The maximum Gasteiger partial charge on any atom is 0.225 e. The molecule has 1 heterocycles. The summed E-state index contributed by atoms with van der Waals surface area (Å²) in [5, 5.41) is 5.71. The summed E-state index contributed by atoms with van der Waals surface area (Å²) >= 11 is 13.4. The predicted octanol–water partition coefficient (Wildman–Crippen LogP) is 4.28. The molecule has 1 aromatic carbocycles. The molecule has 0 spiro atoms. The molecule has 0 fully saturated rings. The third-order valence-corrected chi connectivity index (χ3v) is 5.20. The third kappa shape index (κ3) is 5.23. The van der Waals surface area contributed by atoms with E-state index in [0.29, 0.717) is 16.6 Å². The Kier molecular flexibility index (Phi) is 6.66. The Balaban J connectivity index is 2.03. The second kappa shape index (κ2) is 8.51. The zero-order valence-electron chi connectivity index (χ0n) is 13.4. The van der Waals surface area contributed by atoms with Crippen molar-refractivity contribution in [1.29, 1.82) is 0 Å². The highest BCUT2D eigenvalue weighted by molar-refractivity contribution is 7.10. The lowest BCUT2D eigenvalue weighted by molar-refractivity contribution is -0.131. The molecule has 2 rings (SSSR count). The summed E-state index contributed by atoms with van der Waals surface area (Å²) in [4.78, 5) is 26.5. The number of benzene rings is 1. The van der Waals surface area contributed by atoms with Gasteiger partial charge in [0.25, 0.3) is 0 Å². The Bertz CT molecular complexity index is 719. The Hall–Kier alpha value is -1.56. The highest BCUT2D eigenvalue weighted by atomic mass is 35.5. The van der Waals surface area contributed by atoms with Gasteiger partial charge in [0.05, 0.1) is 22.5 Å². The van der Waals surface area contributed by atoms with Crippen LogP contribution in [-0.4, -0.2) is 23.8 Å². The highest BCUT2D eigenvalue weighted by Gasteiger charge is 2.20. The van der Waals surface area contributed by atoms with Crippen LogP contribution in [0.5, 0.6) is 0 Å². The zero-order valence-corrected chi connectivity index (χ0v) is 15.7. The van der Waals surface area contributed by atoms with E-state index in [0.717, 1.165) is 10.4 Å². The van der Waals surface area contributed by atoms with Gasteiger partial charge in [0.2, 0.25) is 11.8 Å². The van der Waals surface area contributed by atoms with Crippen LogP contribution in [0.1, 0.15) is 29.8 Å². The molecule has 2 amide bonds. The first-order valence-electron chi connectivity index (χ1n) is 7.35. The Morgan fingerprint density at radius 3 is 2.58 bits per heavy atom. The number of hydrogen-bond donors (Lipinski definition) is 1. The standard InChI is InChI=1S/C17H18Cl2N2O2S/c1-11(22)20-15(16-4-3-7-24-16)9-17(23)21(2)10-12-5-6-13(18)14(19)8-12/h3-8,15H,9-10H2,1-2H3,(H,20,22)/t15-/m1/s1. The van der Waals surface area contributed by atoms with E-state index >= 15 is 0 Å². The molecular formula is C17H18Cl2N2O2S. The molecule has 0 radical (unpaired) electrons. The number of nitrogens with one attached hydrogen (secondary N) is 1. The maximum absolute atomic E-state index is 12.5. The second-order valence-corrected chi connectivity index (χ2v) is 7.26. The van der Waals surface area contributed by atoms with Gasteiger partial charge >= 0.3 is 0 Å². The normalized spacial score (nSPS) is 11.8. The summed E-state index contributed by atoms with van der Waals surface area (Å²) in [6, 6.07) is 8.80. The lowest BCUT2D eigenvalue weighted by atomic mass is 10.1. The number of halogens is 2. The van der Waals surface area contributed by atoms with E-state index < -0.39 is 0 Å². The Morgan fingerprint density at radius 1 is 1.25 bits per heavy atom. The molecule has 24 heavy (non-hydrogen) atoms. The molecule has 0 saturated carbocycles. The summed E-state index contributed by atoms with van der Waals surface area (Å²) in [5.74, 6) is -0.221. The summed E-state index contributed by atoms with van der Waals surface area (Å²) in [6.07, 6.45) is 0.206. The quantitative estimate of drug-likeness (QED) is 0.807. The van der Waals surface area contributed by atoms with Gasteiger partial charge in [-0.05, 0) is 29.1 Å². The molecule has 7 heteroatoms. The van der Waals surface area contributed by atoms with Crippen molar-refractivity contribution < 1.29 is 9.59 Å². The van der Waals surface area contributed by atoms with Crippen molar-refractivity contribution in [2.75, 3.05) is 7.05 Å². The number of amides is 2. The summed E-state index contributed by atoms with van der Waals surface area (Å²) in [6.45, 7) is 1.87. The average molecular weight is 385 g/mol. The molecule has 128 valence electrons. The van der Waals surface area contributed by atoms with Crippen molar-refractivity contribution >= 4 is 46.4 Å². The number of carbonyl (C=O) groups is 2. The number of nitrogens with zero attached hydrogens (tertiary/aromatic N) is 1. The minimum atomic E-state index is -0.314. The van der Waals surface area contributed by atoms with Gasteiger partial charge in [0.1, 0.15) is 0 Å². The van der Waals surface area contributed by atoms with Gasteiger partial charge in [-0.3, -0.25) is 9.59 Å². The number of carbonyl (C=O) groups excluding carboxylic acids is 2. The van der Waals surface area contributed by atoms with Crippen molar-refractivity contribution in [1.82, 2.24) is 10.2 Å². The lowest BCUT2D eigenvalue weighted by Crippen LogP contribution is -2.33. The maximum atomic E-state index is 12.5. The van der Waals surface area contributed by atoms with Gasteiger partial charge in [-0.2, -0.15) is 0 Å². The summed E-state index contributed by atoms with van der Waals surface area (Å²) in [7, 11) is 1.73. The molecular weight excluding hydrogens is 367 g/mol. The number of hydrogen-bond acceptors (Lipinski definition) is 3. The van der Waals surface area contributed by atoms with Crippen LogP contribution in [0.25, 0.3) is 0 Å². The molecule has 1 atom stereocenters. The SMILES string of the molecule is CC(=O)N[C@H](CC(=O)N(C)Cc1ccc(Cl)c(Cl)c1)c1cccs1. The van der Waals surface area contributed by atoms with Crippen LogP contribution in [0, 0.1) is 0 Å². The number of rotatable bonds is 6. The molecule has 0 bridgehead atoms. The monoisotopic (exact) mass is 384 g/mol. The average Bonchev–Trinajstić information content (AvgIpc) is 3.04. The molecule has 4 nitrogen and oxygen atoms in total. The van der Waals surface area contributed by atoms with Crippen LogP contribution >= 0.6 is 34.5 Å². The largest absolute Gasteiger partial charge is 0.348 e. The van der Waals surface area contributed by atoms with E-state index in [-0.39, 0.29) is 24.3 Å². The van der Waals surface area contributed by atoms with Crippen molar-refractivity contribution in [2.24, 2.45) is 0 Å². The van der Waals surface area contributed by atoms with Crippen molar-refractivity contribution in [2.45, 2.75) is 25.9 Å². The second-order valence-electron chi connectivity index (χ2n) is 5.47. The molecule has 0 aliphatic carbocycles. The first-order valence-corrected chi connectivity index (χ1v) is 8.98. The fourth-order valence-corrected chi connectivity index (χ4v) is 3.39. The van der Waals surface area contributed by atoms with Crippen molar-refractivity contribution in [3.05, 3.63) is 56.2 Å². The summed E-state index contributed by atoms with van der Waals surface area (Å²) in [5.41, 5.74) is 0.896. The highest BCUT2D eigenvalue weighted by Crippen LogP contribution is 2.25. The minimum Gasteiger partial charge on any atom is -0.348 e. The first-order chi connectivity index (χ1) is 11.4. The topological polar surface area (TPSA) is 49.4 Å². The van der Waals surface area contributed by atoms with Crippen LogP contribution in [-0.2, 0) is 16.1 Å². The molecule has 0 saturated heterocycles. The van der Waals surface area contributed by atoms with Gasteiger partial charge in [0, 0.05) is 25.4 Å². The fourth-order valence-electron chi connectivity index (χ4n) is 2.29. The molecule has 0 unspecified atom stereocenters. The Morgan fingerprint density at radius 2 is 2.00 bits per heavy atom. The van der Waals surface area contributed by atoms with E-state index in [9.17, 15) is 9.59 Å². The van der Waals surface area contributed by atoms with E-state index in [1.165, 1.54) is 18.3 Å². The van der Waals surface area contributed by atoms with E-state index in [1.54, 1.807) is 24.1 Å². The van der Waals surface area contributed by atoms with Crippen LogP contribution in [0.3, 0.4) is 0 Å². The lowest BCUT2D eigenvalue weighted by Gasteiger charge is -2.22. The van der Waals surface area contributed by atoms with Gasteiger partial charge in [-0.25, -0.2) is 0 Å². The molecule has 1 aromatic heterocycles. The van der Waals surface area contributed by atoms with Crippen LogP contribution in [0.15, 0.2) is 35.7 Å². The fraction of sp³-hybridized carbons (Fsp3) is 0.294. The van der Waals surface area contributed by atoms with E-state index in [4.69, 9.17) is 23.2 Å². The molecule has 0 aliphatic rings. The van der Waals surface area contributed by atoms with Crippen molar-refractivity contribution in [3.63, 3.8) is 0 Å². The van der Waals surface area contributed by atoms with Gasteiger partial charge in [-0.15, -0.1) is 11.3 Å². The van der Waals surface area contributed by atoms with E-state index in [2.05, 4.69) is 5.32 Å². The van der Waals surface area contributed by atoms with Crippen LogP contribution < -0.4 is 5.32 Å². The van der Waals surface area contributed by atoms with E-state index in [1.807, 2.05) is 23.6 Å². The predicted molar refractivity (Wildman–Crippen MR) is 98.4 cm³/mol. The van der Waals surface area contributed by atoms with Crippen molar-refractivity contribution in [3.8, 4) is 0 Å². The molecule has 0 aliphatic heterocycles. The smallest absolute Gasteiger partial charge is 0.225 e. The number of thiophene rings is 1. The minimum absolute atomic E-state index is 0.0618. The summed E-state index contributed by atoms with van der Waals surface area (Å²) < 4.78 is 0. The third-order valence-electron chi connectivity index (χ3n) is 3.47. The van der Waals surface area contributed by atoms with Crippen LogP contribution in [0.4, 0.5) is 0 Å². The first kappa shape index (κ1) is 18.8. The van der Waals surface area contributed by atoms with Gasteiger partial charge in [0.15, 0.2) is 0 Å². The van der Waals surface area contributed by atoms with Gasteiger partial charge in [-0.1, -0.05) is 35.3 Å².